The first-order chi connectivity index (χ1) is 23.9. The predicted octanol–water partition coefficient (Wildman–Crippen LogP) is 3.70. The molecule has 1 aromatic heterocycles. The Morgan fingerprint density at radius 1 is 0.840 bits per heavy atom. The summed E-state index contributed by atoms with van der Waals surface area (Å²) >= 11 is 6.04. The number of alkyl halides is 3. The number of anilines is 3. The number of rotatable bonds is 8. The number of morpholine rings is 1. The molecule has 264 valence electrons. The molecule has 3 aromatic rings. The number of hydrogen-bond acceptors (Lipinski definition) is 10. The van der Waals surface area contributed by atoms with Crippen LogP contribution < -0.4 is 15.4 Å². The van der Waals surface area contributed by atoms with Gasteiger partial charge >= 0.3 is 24.0 Å². The molecule has 13 nitrogen and oxygen atoms in total. The van der Waals surface area contributed by atoms with Gasteiger partial charge in [0, 0.05) is 67.4 Å². The Labute approximate surface area is 290 Å². The van der Waals surface area contributed by atoms with Crippen LogP contribution in [0.4, 0.5) is 30.8 Å². The number of halogens is 4. The fourth-order valence-corrected chi connectivity index (χ4v) is 6.77. The lowest BCUT2D eigenvalue weighted by Gasteiger charge is -2.28. The highest BCUT2D eigenvalue weighted by molar-refractivity contribution is 6.35. The number of fused-ring (bicyclic) bond motifs is 1. The van der Waals surface area contributed by atoms with Crippen molar-refractivity contribution in [3.63, 3.8) is 0 Å². The number of amides is 3. The first-order valence-corrected chi connectivity index (χ1v) is 16.6. The van der Waals surface area contributed by atoms with Gasteiger partial charge in [-0.2, -0.15) is 28.1 Å². The third-order valence-electron chi connectivity index (χ3n) is 9.41. The molecule has 0 radical (unpaired) electrons. The van der Waals surface area contributed by atoms with Crippen molar-refractivity contribution in [1.82, 2.24) is 29.7 Å². The lowest BCUT2D eigenvalue weighted by atomic mass is 10.0. The highest BCUT2D eigenvalue weighted by Crippen LogP contribution is 2.48. The van der Waals surface area contributed by atoms with Gasteiger partial charge in [0.1, 0.15) is 0 Å². The summed E-state index contributed by atoms with van der Waals surface area (Å²) in [6.45, 7) is 1.85. The van der Waals surface area contributed by atoms with E-state index >= 15 is 0 Å². The minimum atomic E-state index is -4.59. The smallest absolute Gasteiger partial charge is 0.422 e. The number of carbonyl (C=O) groups excluding carboxylic acids is 3. The summed E-state index contributed by atoms with van der Waals surface area (Å²) in [5.41, 5.74) is 1.35. The Morgan fingerprint density at radius 3 is 2.06 bits per heavy atom. The molecule has 0 bridgehead atoms. The third kappa shape index (κ3) is 7.55. The largest absolute Gasteiger partial charge is 0.454 e. The van der Waals surface area contributed by atoms with Gasteiger partial charge < -0.3 is 34.8 Å². The normalized spacial score (nSPS) is 21.1. The van der Waals surface area contributed by atoms with Crippen LogP contribution in [0, 0.1) is 11.8 Å². The van der Waals surface area contributed by atoms with E-state index in [1.54, 1.807) is 46.2 Å². The van der Waals surface area contributed by atoms with E-state index in [0.29, 0.717) is 68.8 Å². The molecule has 2 unspecified atom stereocenters. The maximum atomic E-state index is 13.4. The van der Waals surface area contributed by atoms with E-state index in [9.17, 15) is 27.6 Å². The van der Waals surface area contributed by atoms with Crippen molar-refractivity contribution in [2.45, 2.75) is 24.6 Å². The Balaban J connectivity index is 0.984. The molecule has 1 aliphatic carbocycles. The van der Waals surface area contributed by atoms with E-state index < -0.39 is 36.1 Å². The summed E-state index contributed by atoms with van der Waals surface area (Å²) in [7, 11) is 0. The summed E-state index contributed by atoms with van der Waals surface area (Å²) in [5, 5.41) is 6.78. The topological polar surface area (TPSA) is 142 Å². The van der Waals surface area contributed by atoms with Gasteiger partial charge in [-0.15, -0.1) is 0 Å². The number of ether oxygens (including phenoxy) is 2. The van der Waals surface area contributed by atoms with Gasteiger partial charge in [0.2, 0.25) is 11.9 Å². The number of carbonyl (C=O) groups is 3. The molecule has 3 saturated heterocycles. The van der Waals surface area contributed by atoms with Gasteiger partial charge in [-0.3, -0.25) is 14.4 Å². The molecule has 3 amide bonds. The first kappa shape index (κ1) is 33.8. The second-order valence-corrected chi connectivity index (χ2v) is 13.4. The average Bonchev–Trinajstić information content (AvgIpc) is 3.60. The van der Waals surface area contributed by atoms with Crippen LogP contribution in [-0.2, 0) is 19.9 Å². The molecule has 4 fully saturated rings. The molecular formula is C33H34ClF3N8O5. The molecule has 1 saturated carbocycles. The molecule has 2 N–H and O–H groups in total. The van der Waals surface area contributed by atoms with Crippen molar-refractivity contribution >= 4 is 46.9 Å². The zero-order valence-electron chi connectivity index (χ0n) is 26.8. The summed E-state index contributed by atoms with van der Waals surface area (Å²) in [5.74, 6) is -1.04. The number of benzene rings is 2. The van der Waals surface area contributed by atoms with Crippen LogP contribution in [-0.4, -0.2) is 113 Å². The number of hydrogen-bond donors (Lipinski definition) is 2. The van der Waals surface area contributed by atoms with Crippen LogP contribution in [0.15, 0.2) is 48.5 Å². The van der Waals surface area contributed by atoms with Crippen molar-refractivity contribution < 1.29 is 37.0 Å². The number of nitrogens with zero attached hydrogens (tertiary/aromatic N) is 6. The maximum Gasteiger partial charge on any atom is 0.422 e. The Bertz CT molecular complexity index is 1740. The standard InChI is InChI=1S/C33H34ClF3N8O5/c34-24-5-3-23(4-6-24)32(9-10-32)42-30-39-29(40-31(41-30)50-19-33(35,36)37)38-25-7-1-20(2-8-25)26(46)44-15-21-17-45(18-22(21)16-44)28(48)27(47)43-11-13-49-14-12-43/h1-8,21-22H,9-19H2,(H2,38,39,40,41,42). The summed E-state index contributed by atoms with van der Waals surface area (Å²) < 4.78 is 49.0. The molecule has 17 heteroatoms. The number of nitrogens with one attached hydrogen (secondary N) is 2. The average molecular weight is 715 g/mol. The Hall–Kier alpha value is -4.70. The van der Waals surface area contributed by atoms with Crippen molar-refractivity contribution in [3.8, 4) is 6.01 Å². The Kier molecular flexibility index (Phi) is 9.15. The monoisotopic (exact) mass is 714 g/mol. The van der Waals surface area contributed by atoms with Gasteiger partial charge in [0.15, 0.2) is 6.61 Å². The minimum absolute atomic E-state index is 0.0317. The molecule has 7 rings (SSSR count). The van der Waals surface area contributed by atoms with Gasteiger partial charge in [-0.05, 0) is 54.8 Å². The molecule has 50 heavy (non-hydrogen) atoms. The van der Waals surface area contributed by atoms with Crippen LogP contribution >= 0.6 is 11.6 Å². The highest BCUT2D eigenvalue weighted by atomic mass is 35.5. The molecule has 3 aliphatic heterocycles. The highest BCUT2D eigenvalue weighted by Gasteiger charge is 2.46. The van der Waals surface area contributed by atoms with Crippen LogP contribution in [0.25, 0.3) is 0 Å². The number of likely N-dealkylation sites (tertiary alicyclic amines) is 2. The molecular weight excluding hydrogens is 681 g/mol. The van der Waals surface area contributed by atoms with Crippen molar-refractivity contribution in [1.29, 1.82) is 0 Å². The summed E-state index contributed by atoms with van der Waals surface area (Å²) in [4.78, 5) is 56.3. The first-order valence-electron chi connectivity index (χ1n) is 16.3. The van der Waals surface area contributed by atoms with Crippen molar-refractivity contribution in [3.05, 3.63) is 64.7 Å². The van der Waals surface area contributed by atoms with Gasteiger partial charge in [0.05, 0.1) is 18.8 Å². The molecule has 4 heterocycles. The fourth-order valence-electron chi connectivity index (χ4n) is 6.64. The maximum absolute atomic E-state index is 13.4. The lowest BCUT2D eigenvalue weighted by molar-refractivity contribution is -0.154. The van der Waals surface area contributed by atoms with Gasteiger partial charge in [-0.1, -0.05) is 23.7 Å². The second-order valence-electron chi connectivity index (χ2n) is 12.9. The summed E-state index contributed by atoms with van der Waals surface area (Å²) in [6, 6.07) is 13.3. The van der Waals surface area contributed by atoms with E-state index in [-0.39, 0.29) is 29.6 Å². The van der Waals surface area contributed by atoms with Crippen LogP contribution in [0.3, 0.4) is 0 Å². The second kappa shape index (κ2) is 13.5. The van der Waals surface area contributed by atoms with E-state index in [1.807, 2.05) is 12.1 Å². The van der Waals surface area contributed by atoms with Crippen LogP contribution in [0.5, 0.6) is 6.01 Å². The fraction of sp³-hybridized carbons (Fsp3) is 0.455. The minimum Gasteiger partial charge on any atom is -0.454 e. The van der Waals surface area contributed by atoms with Crippen molar-refractivity contribution in [2.24, 2.45) is 11.8 Å². The van der Waals surface area contributed by atoms with Crippen molar-refractivity contribution in [2.75, 3.05) is 69.7 Å². The third-order valence-corrected chi connectivity index (χ3v) is 9.66. The molecule has 2 atom stereocenters. The van der Waals surface area contributed by atoms with E-state index in [4.69, 9.17) is 21.1 Å². The number of aromatic nitrogens is 3. The van der Waals surface area contributed by atoms with Crippen LogP contribution in [0.1, 0.15) is 28.8 Å². The summed E-state index contributed by atoms with van der Waals surface area (Å²) in [6.07, 6.45) is -3.09. The van der Waals surface area contributed by atoms with Gasteiger partial charge in [-0.25, -0.2) is 0 Å². The van der Waals surface area contributed by atoms with Crippen LogP contribution in [0.2, 0.25) is 5.02 Å². The zero-order chi connectivity index (χ0) is 35.0. The van der Waals surface area contributed by atoms with E-state index in [0.717, 1.165) is 18.4 Å². The van der Waals surface area contributed by atoms with Gasteiger partial charge in [0.25, 0.3) is 5.91 Å². The molecule has 2 aromatic carbocycles. The Morgan fingerprint density at radius 2 is 1.44 bits per heavy atom. The molecule has 0 spiro atoms. The SMILES string of the molecule is O=C(C(=O)N1CC2CN(C(=O)c3ccc(Nc4nc(NC5(c6ccc(Cl)cc6)CC5)nc(OCC(F)(F)F)n4)cc3)CC2C1)N1CCOCC1. The zero-order valence-corrected chi connectivity index (χ0v) is 27.5. The predicted molar refractivity (Wildman–Crippen MR) is 174 cm³/mol. The van der Waals surface area contributed by atoms with E-state index in [2.05, 4.69) is 25.6 Å². The molecule has 4 aliphatic rings. The quantitative estimate of drug-likeness (QED) is 0.332. The lowest BCUT2D eigenvalue weighted by Crippen LogP contribution is -2.49. The van der Waals surface area contributed by atoms with E-state index in [1.165, 1.54) is 4.90 Å².